The number of halogens is 2. The molecule has 0 aromatic carbocycles. The number of hydrogen-bond acceptors (Lipinski definition) is 1. The Labute approximate surface area is 71.8 Å². The van der Waals surface area contributed by atoms with Gasteiger partial charge in [-0.15, -0.1) is 24.0 Å². The van der Waals surface area contributed by atoms with Gasteiger partial charge in [-0.2, -0.15) is 0 Å². The Bertz CT molecular complexity index is 174. The van der Waals surface area contributed by atoms with E-state index in [-0.39, 0.29) is 17.8 Å². The molecule has 0 bridgehead atoms. The molecular weight excluding hydrogens is 169 g/mol. The van der Waals surface area contributed by atoms with Gasteiger partial charge < -0.3 is 0 Å². The first-order valence-corrected chi connectivity index (χ1v) is 3.28. The molecule has 10 heavy (non-hydrogen) atoms. The summed E-state index contributed by atoms with van der Waals surface area (Å²) in [4.78, 5) is 3.92. The Kier molecular flexibility index (Phi) is 4.41. The molecule has 0 saturated heterocycles. The number of nitrogens with zero attached hydrogens (tertiary/aromatic N) is 1. The summed E-state index contributed by atoms with van der Waals surface area (Å²) < 4.78 is 0. The molecule has 0 aliphatic carbocycles. The van der Waals surface area contributed by atoms with E-state index in [2.05, 4.69) is 4.98 Å². The molecule has 0 aliphatic heterocycles. The molecule has 1 heterocycles. The minimum absolute atomic E-state index is 0. The van der Waals surface area contributed by atoms with Crippen LogP contribution in [0.15, 0.2) is 24.5 Å². The fourth-order valence-electron chi connectivity index (χ4n) is 0.611. The first kappa shape index (κ1) is 9.73. The van der Waals surface area contributed by atoms with Gasteiger partial charge in [-0.25, -0.2) is 0 Å². The van der Waals surface area contributed by atoms with Crippen molar-refractivity contribution in [1.82, 2.24) is 4.98 Å². The van der Waals surface area contributed by atoms with Crippen LogP contribution >= 0.6 is 24.0 Å². The van der Waals surface area contributed by atoms with Crippen molar-refractivity contribution in [2.24, 2.45) is 0 Å². The molecule has 0 fully saturated rings. The molecule has 1 aromatic heterocycles. The van der Waals surface area contributed by atoms with Crippen LogP contribution in [0.5, 0.6) is 0 Å². The topological polar surface area (TPSA) is 12.9 Å². The highest BCUT2D eigenvalue weighted by Gasteiger charge is 1.96. The molecule has 1 atom stereocenters. The molecule has 0 aliphatic rings. The predicted molar refractivity (Wildman–Crippen MR) is 45.8 cm³/mol. The number of rotatable bonds is 1. The van der Waals surface area contributed by atoms with Crippen LogP contribution in [0.25, 0.3) is 0 Å². The minimum Gasteiger partial charge on any atom is -0.264 e. The predicted octanol–water partition coefficient (Wildman–Crippen LogP) is 2.80. The highest BCUT2D eigenvalue weighted by atomic mass is 35.5. The standard InChI is InChI=1S/C7H8ClN.ClH/c1-6(8)7-3-2-4-9-5-7;/h2-6H,1H3;1H/t6-;/m0./s1. The summed E-state index contributed by atoms with van der Waals surface area (Å²) in [5.41, 5.74) is 1.07. The van der Waals surface area contributed by atoms with Crippen LogP contribution in [-0.4, -0.2) is 4.98 Å². The van der Waals surface area contributed by atoms with Gasteiger partial charge in [0.25, 0.3) is 0 Å². The van der Waals surface area contributed by atoms with Gasteiger partial charge in [0.2, 0.25) is 0 Å². The van der Waals surface area contributed by atoms with Crippen molar-refractivity contribution in [1.29, 1.82) is 0 Å². The van der Waals surface area contributed by atoms with Crippen molar-refractivity contribution in [3.8, 4) is 0 Å². The summed E-state index contributed by atoms with van der Waals surface area (Å²) in [7, 11) is 0. The average Bonchev–Trinajstić information content (AvgIpc) is 1.90. The maximum atomic E-state index is 5.76. The Hall–Kier alpha value is -0.270. The second-order valence-corrected chi connectivity index (χ2v) is 2.56. The molecular formula is C7H9Cl2N. The Morgan fingerprint density at radius 1 is 1.60 bits per heavy atom. The normalized spacial score (nSPS) is 11.8. The number of hydrogen-bond donors (Lipinski definition) is 0. The van der Waals surface area contributed by atoms with Crippen molar-refractivity contribution in [2.45, 2.75) is 12.3 Å². The zero-order chi connectivity index (χ0) is 6.69. The smallest absolute Gasteiger partial charge is 0.0572 e. The van der Waals surface area contributed by atoms with Crippen LogP contribution < -0.4 is 0 Å². The molecule has 0 unspecified atom stereocenters. The van der Waals surface area contributed by atoms with Crippen molar-refractivity contribution in [3.05, 3.63) is 30.1 Å². The zero-order valence-electron chi connectivity index (χ0n) is 5.62. The summed E-state index contributed by atoms with van der Waals surface area (Å²) in [5.74, 6) is 0. The van der Waals surface area contributed by atoms with Gasteiger partial charge in [-0.3, -0.25) is 4.98 Å². The Morgan fingerprint density at radius 3 is 2.60 bits per heavy atom. The summed E-state index contributed by atoms with van der Waals surface area (Å²) in [6.45, 7) is 1.93. The minimum atomic E-state index is 0. The summed E-state index contributed by atoms with van der Waals surface area (Å²) in [6.07, 6.45) is 3.51. The number of pyridine rings is 1. The van der Waals surface area contributed by atoms with E-state index in [1.807, 2.05) is 19.1 Å². The highest BCUT2D eigenvalue weighted by Crippen LogP contribution is 2.16. The van der Waals surface area contributed by atoms with Crippen LogP contribution in [0.4, 0.5) is 0 Å². The van der Waals surface area contributed by atoms with E-state index in [1.54, 1.807) is 12.4 Å². The molecule has 0 amide bonds. The van der Waals surface area contributed by atoms with Gasteiger partial charge in [0.05, 0.1) is 5.38 Å². The van der Waals surface area contributed by atoms with E-state index in [0.29, 0.717) is 0 Å². The third-order valence-electron chi connectivity index (χ3n) is 1.14. The lowest BCUT2D eigenvalue weighted by Gasteiger charge is -1.98. The Morgan fingerprint density at radius 2 is 2.30 bits per heavy atom. The molecule has 0 N–H and O–H groups in total. The molecule has 0 spiro atoms. The van der Waals surface area contributed by atoms with Gasteiger partial charge in [0.15, 0.2) is 0 Å². The van der Waals surface area contributed by atoms with Gasteiger partial charge in [-0.1, -0.05) is 6.07 Å². The summed E-state index contributed by atoms with van der Waals surface area (Å²) >= 11 is 5.76. The largest absolute Gasteiger partial charge is 0.264 e. The third-order valence-corrected chi connectivity index (χ3v) is 1.40. The highest BCUT2D eigenvalue weighted by molar-refractivity contribution is 6.20. The van der Waals surface area contributed by atoms with E-state index in [1.165, 1.54) is 0 Å². The van der Waals surface area contributed by atoms with Crippen LogP contribution in [0, 0.1) is 0 Å². The number of alkyl halides is 1. The van der Waals surface area contributed by atoms with Crippen molar-refractivity contribution >= 4 is 24.0 Å². The van der Waals surface area contributed by atoms with E-state index in [0.717, 1.165) is 5.56 Å². The lowest BCUT2D eigenvalue weighted by molar-refractivity contribution is 1.06. The van der Waals surface area contributed by atoms with Crippen LogP contribution in [0.3, 0.4) is 0 Å². The number of aromatic nitrogens is 1. The Balaban J connectivity index is 0.000000810. The second kappa shape index (κ2) is 4.53. The molecule has 56 valence electrons. The van der Waals surface area contributed by atoms with Crippen molar-refractivity contribution in [3.63, 3.8) is 0 Å². The maximum absolute atomic E-state index is 5.76. The molecule has 0 saturated carbocycles. The maximum Gasteiger partial charge on any atom is 0.0572 e. The van der Waals surface area contributed by atoms with Crippen LogP contribution in [0.1, 0.15) is 17.9 Å². The van der Waals surface area contributed by atoms with E-state index in [4.69, 9.17) is 11.6 Å². The zero-order valence-corrected chi connectivity index (χ0v) is 7.19. The summed E-state index contributed by atoms with van der Waals surface area (Å²) in [6, 6.07) is 3.85. The third kappa shape index (κ3) is 2.54. The van der Waals surface area contributed by atoms with Crippen molar-refractivity contribution < 1.29 is 0 Å². The quantitative estimate of drug-likeness (QED) is 0.602. The van der Waals surface area contributed by atoms with Crippen molar-refractivity contribution in [2.75, 3.05) is 0 Å². The van der Waals surface area contributed by atoms with E-state index >= 15 is 0 Å². The molecule has 1 aromatic rings. The van der Waals surface area contributed by atoms with E-state index in [9.17, 15) is 0 Å². The molecule has 3 heteroatoms. The van der Waals surface area contributed by atoms with Gasteiger partial charge in [0, 0.05) is 12.4 Å². The lowest BCUT2D eigenvalue weighted by Crippen LogP contribution is -1.82. The average molecular weight is 178 g/mol. The second-order valence-electron chi connectivity index (χ2n) is 1.90. The fraction of sp³-hybridized carbons (Fsp3) is 0.286. The van der Waals surface area contributed by atoms with Gasteiger partial charge in [-0.05, 0) is 18.6 Å². The monoisotopic (exact) mass is 177 g/mol. The lowest BCUT2D eigenvalue weighted by atomic mass is 10.2. The molecule has 1 nitrogen and oxygen atoms in total. The van der Waals surface area contributed by atoms with Gasteiger partial charge in [0.1, 0.15) is 0 Å². The van der Waals surface area contributed by atoms with Crippen LogP contribution in [0.2, 0.25) is 0 Å². The molecule has 0 radical (unpaired) electrons. The van der Waals surface area contributed by atoms with Gasteiger partial charge >= 0.3 is 0 Å². The summed E-state index contributed by atoms with van der Waals surface area (Å²) in [5, 5.41) is 0.0682. The molecule has 1 rings (SSSR count). The first-order valence-electron chi connectivity index (χ1n) is 2.84. The van der Waals surface area contributed by atoms with Crippen LogP contribution in [-0.2, 0) is 0 Å². The fourth-order valence-corrected chi connectivity index (χ4v) is 0.740. The van der Waals surface area contributed by atoms with E-state index < -0.39 is 0 Å². The first-order chi connectivity index (χ1) is 4.30. The SMILES string of the molecule is C[C@H](Cl)c1cccnc1.Cl.